The number of ether oxygens (including phenoxy) is 1. The minimum absolute atomic E-state index is 0.0564. The Bertz CT molecular complexity index is 549. The smallest absolute Gasteiger partial charge is 0.267 e. The first-order valence-electron chi connectivity index (χ1n) is 9.70. The van der Waals surface area contributed by atoms with Gasteiger partial charge in [-0.1, -0.05) is 45.4 Å². The molecule has 0 bridgehead atoms. The highest BCUT2D eigenvalue weighted by molar-refractivity contribution is 5.44. The molecule has 0 unspecified atom stereocenters. The van der Waals surface area contributed by atoms with Crippen molar-refractivity contribution in [2.24, 2.45) is 11.8 Å². The van der Waals surface area contributed by atoms with E-state index in [4.69, 9.17) is 4.74 Å². The molecule has 1 aromatic rings. The van der Waals surface area contributed by atoms with Gasteiger partial charge in [0.1, 0.15) is 0 Å². The average Bonchev–Trinajstić information content (AvgIpc) is 2.58. The van der Waals surface area contributed by atoms with Crippen molar-refractivity contribution in [1.29, 1.82) is 0 Å². The van der Waals surface area contributed by atoms with Crippen LogP contribution in [-0.2, 0) is 6.42 Å². The Hall–Kier alpha value is -1.19. The lowest BCUT2D eigenvalue weighted by molar-refractivity contribution is 0.143. The molecule has 0 spiro atoms. The van der Waals surface area contributed by atoms with Gasteiger partial charge in [-0.3, -0.25) is 0 Å². The van der Waals surface area contributed by atoms with Crippen LogP contribution in [0.1, 0.15) is 81.9 Å². The largest absolute Gasteiger partial charge is 0.491 e. The molecule has 0 radical (unpaired) electrons. The highest BCUT2D eigenvalue weighted by Crippen LogP contribution is 2.38. The summed E-state index contributed by atoms with van der Waals surface area (Å²) in [4.78, 5) is 0. The van der Waals surface area contributed by atoms with Crippen LogP contribution >= 0.6 is 0 Å². The molecule has 1 fully saturated rings. The number of aryl methyl sites for hydroxylation is 1. The fourth-order valence-electron chi connectivity index (χ4n) is 4.21. The predicted octanol–water partition coefficient (Wildman–Crippen LogP) is 7.01. The summed E-state index contributed by atoms with van der Waals surface area (Å²) in [5.41, 5.74) is 0.731. The van der Waals surface area contributed by atoms with Crippen molar-refractivity contribution in [1.82, 2.24) is 0 Å². The third kappa shape index (κ3) is 5.15. The lowest BCUT2D eigenvalue weighted by Crippen LogP contribution is -2.16. The van der Waals surface area contributed by atoms with Crippen LogP contribution in [0.2, 0.25) is 0 Å². The normalized spacial score (nSPS) is 20.9. The number of hydrogen-bond donors (Lipinski definition) is 0. The van der Waals surface area contributed by atoms with Gasteiger partial charge in [0.2, 0.25) is 0 Å². The molecular weight excluding hydrogens is 325 g/mol. The molecule has 0 atom stereocenters. The zero-order valence-electron chi connectivity index (χ0n) is 15.7. The van der Waals surface area contributed by atoms with E-state index >= 15 is 0 Å². The first-order valence-corrected chi connectivity index (χ1v) is 9.70. The maximum Gasteiger partial charge on any atom is 0.267 e. The molecule has 142 valence electrons. The van der Waals surface area contributed by atoms with Crippen LogP contribution in [0.25, 0.3) is 0 Å². The van der Waals surface area contributed by atoms with E-state index in [-0.39, 0.29) is 12.4 Å². The Labute approximate surface area is 150 Å². The maximum absolute atomic E-state index is 14.4. The third-order valence-electron chi connectivity index (χ3n) is 5.59. The van der Waals surface area contributed by atoms with E-state index in [1.807, 2.05) is 0 Å². The second-order valence-corrected chi connectivity index (χ2v) is 7.35. The summed E-state index contributed by atoms with van der Waals surface area (Å²) in [6.45, 7) is 5.99. The molecule has 0 aromatic heterocycles. The molecular formula is C21H31F3O. The number of rotatable bonds is 8. The Balaban J connectivity index is 2.08. The SMILES string of the molecule is CCCC1CCC(CCc2c(C)cc(OCC)c(F)c2C(F)F)CC1. The molecule has 1 aromatic carbocycles. The Morgan fingerprint density at radius 1 is 1.08 bits per heavy atom. The molecule has 0 N–H and O–H groups in total. The van der Waals surface area contributed by atoms with E-state index in [1.54, 1.807) is 19.9 Å². The van der Waals surface area contributed by atoms with Gasteiger partial charge >= 0.3 is 0 Å². The zero-order valence-corrected chi connectivity index (χ0v) is 15.7. The van der Waals surface area contributed by atoms with Gasteiger partial charge < -0.3 is 4.74 Å². The van der Waals surface area contributed by atoms with Gasteiger partial charge in [-0.25, -0.2) is 13.2 Å². The van der Waals surface area contributed by atoms with Crippen molar-refractivity contribution in [2.75, 3.05) is 6.61 Å². The van der Waals surface area contributed by atoms with Crippen LogP contribution in [0.4, 0.5) is 13.2 Å². The van der Waals surface area contributed by atoms with Crippen LogP contribution in [0.5, 0.6) is 5.75 Å². The zero-order chi connectivity index (χ0) is 18.4. The van der Waals surface area contributed by atoms with Gasteiger partial charge in [-0.15, -0.1) is 0 Å². The predicted molar refractivity (Wildman–Crippen MR) is 95.9 cm³/mol. The van der Waals surface area contributed by atoms with Crippen molar-refractivity contribution >= 4 is 0 Å². The van der Waals surface area contributed by atoms with Crippen molar-refractivity contribution in [3.63, 3.8) is 0 Å². The van der Waals surface area contributed by atoms with Crippen LogP contribution < -0.4 is 4.74 Å². The van der Waals surface area contributed by atoms with Gasteiger partial charge in [0.15, 0.2) is 11.6 Å². The van der Waals surface area contributed by atoms with Gasteiger partial charge in [0.05, 0.1) is 12.2 Å². The molecule has 1 saturated carbocycles. The van der Waals surface area contributed by atoms with Crippen molar-refractivity contribution in [3.8, 4) is 5.75 Å². The van der Waals surface area contributed by atoms with E-state index in [2.05, 4.69) is 6.92 Å². The number of hydrogen-bond acceptors (Lipinski definition) is 1. The molecule has 0 aliphatic heterocycles. The quantitative estimate of drug-likeness (QED) is 0.487. The Morgan fingerprint density at radius 2 is 1.68 bits per heavy atom. The molecule has 0 saturated heterocycles. The molecule has 2 rings (SSSR count). The first-order chi connectivity index (χ1) is 12.0. The van der Waals surface area contributed by atoms with E-state index in [0.717, 1.165) is 12.3 Å². The summed E-state index contributed by atoms with van der Waals surface area (Å²) in [7, 11) is 0. The highest BCUT2D eigenvalue weighted by atomic mass is 19.3. The lowest BCUT2D eigenvalue weighted by atomic mass is 9.77. The molecule has 1 aliphatic rings. The van der Waals surface area contributed by atoms with Crippen molar-refractivity contribution in [2.45, 2.75) is 78.6 Å². The van der Waals surface area contributed by atoms with Crippen LogP contribution in [-0.4, -0.2) is 6.61 Å². The lowest BCUT2D eigenvalue weighted by Gasteiger charge is -2.28. The monoisotopic (exact) mass is 356 g/mol. The van der Waals surface area contributed by atoms with Gasteiger partial charge in [0.25, 0.3) is 6.43 Å². The Morgan fingerprint density at radius 3 is 2.20 bits per heavy atom. The molecule has 1 aliphatic carbocycles. The fraction of sp³-hybridized carbons (Fsp3) is 0.714. The molecule has 4 heteroatoms. The average molecular weight is 356 g/mol. The summed E-state index contributed by atoms with van der Waals surface area (Å²) in [5, 5.41) is 0. The maximum atomic E-state index is 14.4. The van der Waals surface area contributed by atoms with Gasteiger partial charge in [-0.05, 0) is 55.7 Å². The topological polar surface area (TPSA) is 9.23 Å². The highest BCUT2D eigenvalue weighted by Gasteiger charge is 2.26. The second kappa shape index (κ2) is 9.49. The first kappa shape index (κ1) is 20.1. The minimum atomic E-state index is -2.81. The van der Waals surface area contributed by atoms with E-state index < -0.39 is 17.8 Å². The Kier molecular flexibility index (Phi) is 7.64. The van der Waals surface area contributed by atoms with E-state index in [9.17, 15) is 13.2 Å². The molecule has 0 heterocycles. The summed E-state index contributed by atoms with van der Waals surface area (Å²) >= 11 is 0. The van der Waals surface area contributed by atoms with E-state index in [1.165, 1.54) is 38.5 Å². The van der Waals surface area contributed by atoms with Crippen molar-refractivity contribution in [3.05, 3.63) is 28.6 Å². The second-order valence-electron chi connectivity index (χ2n) is 7.35. The molecule has 25 heavy (non-hydrogen) atoms. The third-order valence-corrected chi connectivity index (χ3v) is 5.59. The number of alkyl halides is 2. The van der Waals surface area contributed by atoms with Gasteiger partial charge in [-0.2, -0.15) is 0 Å². The van der Waals surface area contributed by atoms with Crippen LogP contribution in [0.15, 0.2) is 6.07 Å². The number of halogens is 3. The van der Waals surface area contributed by atoms with Crippen molar-refractivity contribution < 1.29 is 17.9 Å². The van der Waals surface area contributed by atoms with Crippen LogP contribution in [0, 0.1) is 24.6 Å². The summed E-state index contributed by atoms with van der Waals surface area (Å²) in [5.74, 6) is 0.471. The molecule has 1 nitrogen and oxygen atoms in total. The van der Waals surface area contributed by atoms with Crippen LogP contribution in [0.3, 0.4) is 0 Å². The fourth-order valence-corrected chi connectivity index (χ4v) is 4.21. The number of benzene rings is 1. The standard InChI is InChI=1S/C21H31F3O/c1-4-6-15-7-9-16(10-8-15)11-12-17-14(3)13-18(25-5-2)20(22)19(17)21(23)24/h13,15-16,21H,4-12H2,1-3H3. The summed E-state index contributed by atoms with van der Waals surface area (Å²) < 4.78 is 46.6. The minimum Gasteiger partial charge on any atom is -0.491 e. The molecule has 0 amide bonds. The van der Waals surface area contributed by atoms with Gasteiger partial charge in [0, 0.05) is 0 Å². The summed E-state index contributed by atoms with van der Waals surface area (Å²) in [6.07, 6.45) is 5.96. The van der Waals surface area contributed by atoms with E-state index in [0.29, 0.717) is 23.5 Å². The summed E-state index contributed by atoms with van der Waals surface area (Å²) in [6, 6.07) is 1.57.